The van der Waals surface area contributed by atoms with Gasteiger partial charge < -0.3 is 9.80 Å². The molecule has 108 valence electrons. The monoisotopic (exact) mass is 335 g/mol. The van der Waals surface area contributed by atoms with E-state index < -0.39 is 0 Å². The molecule has 1 aromatic carbocycles. The van der Waals surface area contributed by atoms with Crippen molar-refractivity contribution in [2.45, 2.75) is 11.8 Å². The fraction of sp³-hybridized carbons (Fsp3) is 0.438. The van der Waals surface area contributed by atoms with Gasteiger partial charge in [0.2, 0.25) is 0 Å². The molecule has 0 aliphatic carbocycles. The molecule has 3 nitrogen and oxygen atoms in total. The summed E-state index contributed by atoms with van der Waals surface area (Å²) >= 11 is 3.58. The van der Waals surface area contributed by atoms with Crippen molar-refractivity contribution in [2.24, 2.45) is 0 Å². The molecular weight excluding hydrogens is 314 g/mol. The van der Waals surface area contributed by atoms with Crippen LogP contribution in [0.3, 0.4) is 0 Å². The maximum Gasteiger partial charge on any atom is 0.133 e. The molecule has 0 spiro atoms. The Labute approximate surface area is 129 Å². The Kier molecular flexibility index (Phi) is 5.38. The zero-order chi connectivity index (χ0) is 14.5. The first-order chi connectivity index (χ1) is 9.61. The van der Waals surface area contributed by atoms with Crippen molar-refractivity contribution in [2.75, 3.05) is 39.1 Å². The van der Waals surface area contributed by atoms with E-state index in [-0.39, 0.29) is 0 Å². The van der Waals surface area contributed by atoms with Gasteiger partial charge in [-0.3, -0.25) is 0 Å². The summed E-state index contributed by atoms with van der Waals surface area (Å²) in [7, 11) is 6.34. The van der Waals surface area contributed by atoms with Crippen molar-refractivity contribution in [3.8, 4) is 0 Å². The first kappa shape index (κ1) is 15.3. The van der Waals surface area contributed by atoms with Gasteiger partial charge in [-0.2, -0.15) is 0 Å². The van der Waals surface area contributed by atoms with Crippen LogP contribution in [0, 0.1) is 0 Å². The maximum atomic E-state index is 4.83. The molecule has 0 aliphatic heterocycles. The molecule has 0 bridgehead atoms. The zero-order valence-corrected chi connectivity index (χ0v) is 14.0. The number of hydrogen-bond acceptors (Lipinski definition) is 3. The largest absolute Gasteiger partial charge is 0.359 e. The normalized spacial score (nSPS) is 11.2. The number of aromatic nitrogens is 1. The molecule has 0 atom stereocenters. The van der Waals surface area contributed by atoms with Gasteiger partial charge in [-0.05, 0) is 39.2 Å². The quantitative estimate of drug-likeness (QED) is 0.753. The fourth-order valence-electron chi connectivity index (χ4n) is 2.31. The molecule has 0 N–H and O–H groups in total. The number of benzene rings is 1. The van der Waals surface area contributed by atoms with E-state index in [1.54, 1.807) is 0 Å². The second-order valence-corrected chi connectivity index (χ2v) is 5.94. The number of anilines is 1. The Hall–Kier alpha value is -1.13. The Bertz CT molecular complexity index is 569. The highest BCUT2D eigenvalue weighted by Gasteiger charge is 2.10. The Morgan fingerprint density at radius 2 is 1.85 bits per heavy atom. The Balaban J connectivity index is 2.22. The van der Waals surface area contributed by atoms with Crippen LogP contribution < -0.4 is 4.90 Å². The minimum absolute atomic E-state index is 0.832. The summed E-state index contributed by atoms with van der Waals surface area (Å²) in [5.74, 6) is 1.08. The molecule has 2 aromatic rings. The number of pyridine rings is 1. The highest BCUT2D eigenvalue weighted by Crippen LogP contribution is 2.24. The van der Waals surface area contributed by atoms with Gasteiger partial charge in [0.25, 0.3) is 0 Å². The lowest BCUT2D eigenvalue weighted by atomic mass is 10.1. The van der Waals surface area contributed by atoms with E-state index in [0.29, 0.717) is 0 Å². The van der Waals surface area contributed by atoms with Gasteiger partial charge in [0.05, 0.1) is 5.52 Å². The zero-order valence-electron chi connectivity index (χ0n) is 12.4. The first-order valence-corrected chi connectivity index (χ1v) is 8.04. The molecule has 0 saturated carbocycles. The smallest absolute Gasteiger partial charge is 0.133 e. The molecule has 4 heteroatoms. The van der Waals surface area contributed by atoms with Gasteiger partial charge in [-0.25, -0.2) is 4.98 Å². The van der Waals surface area contributed by atoms with Crippen LogP contribution in [0.1, 0.15) is 12.0 Å². The van der Waals surface area contributed by atoms with Gasteiger partial charge in [0.15, 0.2) is 0 Å². The number of fused-ring (bicyclic) bond motifs is 1. The molecule has 20 heavy (non-hydrogen) atoms. The van der Waals surface area contributed by atoms with E-state index in [1.807, 2.05) is 6.07 Å². The van der Waals surface area contributed by atoms with E-state index in [0.717, 1.165) is 36.2 Å². The number of hydrogen-bond donors (Lipinski definition) is 0. The van der Waals surface area contributed by atoms with Crippen molar-refractivity contribution in [1.82, 2.24) is 9.88 Å². The lowest BCUT2D eigenvalue weighted by Crippen LogP contribution is -2.24. The van der Waals surface area contributed by atoms with Crippen LogP contribution in [0.25, 0.3) is 10.9 Å². The topological polar surface area (TPSA) is 19.4 Å². The summed E-state index contributed by atoms with van der Waals surface area (Å²) in [5.41, 5.74) is 2.31. The second kappa shape index (κ2) is 7.04. The van der Waals surface area contributed by atoms with Crippen molar-refractivity contribution in [3.63, 3.8) is 0 Å². The number of rotatable bonds is 6. The molecular formula is C16H22BrN3. The maximum absolute atomic E-state index is 4.83. The molecule has 0 aliphatic rings. The van der Waals surface area contributed by atoms with Crippen LogP contribution in [0.5, 0.6) is 0 Å². The highest BCUT2D eigenvalue weighted by molar-refractivity contribution is 9.08. The highest BCUT2D eigenvalue weighted by atomic mass is 79.9. The average molecular weight is 336 g/mol. The third-order valence-corrected chi connectivity index (χ3v) is 3.99. The standard InChI is InChI=1S/C16H22BrN3/c1-19(2)9-6-10-20(3)16-14(12-17)11-13-7-4-5-8-15(13)18-16/h4-5,7-8,11H,6,9-10,12H2,1-3H3. The molecule has 0 amide bonds. The SMILES string of the molecule is CN(C)CCCN(C)c1nc2ccccc2cc1CBr. The van der Waals surface area contributed by atoms with Crippen LogP contribution in [0.2, 0.25) is 0 Å². The van der Waals surface area contributed by atoms with E-state index in [1.165, 1.54) is 10.9 Å². The molecule has 1 aromatic heterocycles. The summed E-state index contributed by atoms with van der Waals surface area (Å²) in [5, 5.41) is 2.03. The van der Waals surface area contributed by atoms with Crippen LogP contribution >= 0.6 is 15.9 Å². The Morgan fingerprint density at radius 3 is 2.55 bits per heavy atom. The van der Waals surface area contributed by atoms with Crippen molar-refractivity contribution >= 4 is 32.7 Å². The van der Waals surface area contributed by atoms with Gasteiger partial charge in [0.1, 0.15) is 5.82 Å². The van der Waals surface area contributed by atoms with Gasteiger partial charge >= 0.3 is 0 Å². The van der Waals surface area contributed by atoms with Crippen molar-refractivity contribution in [1.29, 1.82) is 0 Å². The number of para-hydroxylation sites is 1. The predicted octanol–water partition coefficient (Wildman–Crippen LogP) is 3.52. The van der Waals surface area contributed by atoms with Crippen LogP contribution in [-0.2, 0) is 5.33 Å². The third kappa shape index (κ3) is 3.70. The van der Waals surface area contributed by atoms with E-state index in [9.17, 15) is 0 Å². The van der Waals surface area contributed by atoms with E-state index in [2.05, 4.69) is 71.1 Å². The third-order valence-electron chi connectivity index (χ3n) is 3.38. The van der Waals surface area contributed by atoms with E-state index >= 15 is 0 Å². The molecule has 1 heterocycles. The lowest BCUT2D eigenvalue weighted by molar-refractivity contribution is 0.401. The minimum Gasteiger partial charge on any atom is -0.359 e. The average Bonchev–Trinajstić information content (AvgIpc) is 2.45. The second-order valence-electron chi connectivity index (χ2n) is 5.38. The van der Waals surface area contributed by atoms with Gasteiger partial charge in [-0.1, -0.05) is 34.1 Å². The molecule has 0 saturated heterocycles. The lowest BCUT2D eigenvalue weighted by Gasteiger charge is -2.22. The van der Waals surface area contributed by atoms with Crippen LogP contribution in [0.4, 0.5) is 5.82 Å². The number of halogens is 1. The molecule has 0 radical (unpaired) electrons. The number of nitrogens with zero attached hydrogens (tertiary/aromatic N) is 3. The Morgan fingerprint density at radius 1 is 1.10 bits per heavy atom. The summed E-state index contributed by atoms with van der Waals surface area (Å²) in [6.45, 7) is 2.12. The van der Waals surface area contributed by atoms with Crippen molar-refractivity contribution < 1.29 is 0 Å². The van der Waals surface area contributed by atoms with Gasteiger partial charge in [-0.15, -0.1) is 0 Å². The fourth-order valence-corrected chi connectivity index (χ4v) is 2.72. The van der Waals surface area contributed by atoms with E-state index in [4.69, 9.17) is 4.98 Å². The summed E-state index contributed by atoms with van der Waals surface area (Å²) in [4.78, 5) is 9.30. The summed E-state index contributed by atoms with van der Waals surface area (Å²) in [6, 6.07) is 10.5. The van der Waals surface area contributed by atoms with Crippen LogP contribution in [0.15, 0.2) is 30.3 Å². The first-order valence-electron chi connectivity index (χ1n) is 6.92. The predicted molar refractivity (Wildman–Crippen MR) is 90.8 cm³/mol. The molecule has 0 fully saturated rings. The van der Waals surface area contributed by atoms with Crippen LogP contribution in [-0.4, -0.2) is 44.1 Å². The number of alkyl halides is 1. The summed E-state index contributed by atoms with van der Waals surface area (Å²) in [6.07, 6.45) is 1.14. The molecule has 0 unspecified atom stereocenters. The minimum atomic E-state index is 0.832. The molecule has 2 rings (SSSR count). The summed E-state index contributed by atoms with van der Waals surface area (Å²) < 4.78 is 0. The van der Waals surface area contributed by atoms with Crippen molar-refractivity contribution in [3.05, 3.63) is 35.9 Å². The van der Waals surface area contributed by atoms with Gasteiger partial charge in [0, 0.05) is 29.9 Å².